The molecule has 4 heterocycles. The molecule has 1 aliphatic heterocycles. The zero-order valence-corrected chi connectivity index (χ0v) is 16.5. The summed E-state index contributed by atoms with van der Waals surface area (Å²) >= 11 is 1.45. The number of aryl methyl sites for hydroxylation is 2. The second-order valence-corrected chi connectivity index (χ2v) is 7.92. The summed E-state index contributed by atoms with van der Waals surface area (Å²) in [4.78, 5) is 30.2. The molecule has 27 heavy (non-hydrogen) atoms. The van der Waals surface area contributed by atoms with Gasteiger partial charge in [-0.1, -0.05) is 6.07 Å². The van der Waals surface area contributed by atoms with Gasteiger partial charge in [0.05, 0.1) is 10.3 Å². The monoisotopic (exact) mass is 381 g/mol. The Kier molecular flexibility index (Phi) is 5.03. The van der Waals surface area contributed by atoms with Crippen LogP contribution in [0, 0.1) is 13.8 Å². The minimum Gasteiger partial charge on any atom is -0.356 e. The predicted molar refractivity (Wildman–Crippen MR) is 108 cm³/mol. The van der Waals surface area contributed by atoms with Crippen molar-refractivity contribution in [1.29, 1.82) is 0 Å². The zero-order chi connectivity index (χ0) is 18.8. The highest BCUT2D eigenvalue weighted by atomic mass is 32.1. The van der Waals surface area contributed by atoms with E-state index in [0.29, 0.717) is 11.4 Å². The maximum atomic E-state index is 12.8. The highest BCUT2D eigenvalue weighted by Crippen LogP contribution is 2.36. The van der Waals surface area contributed by atoms with Crippen molar-refractivity contribution in [1.82, 2.24) is 20.3 Å². The second kappa shape index (κ2) is 7.60. The SMILES string of the molecule is Cc1nc(N2CCCCC2)c2c(C)c(C(=O)NCc3cccnc3)sc2n1. The third-order valence-corrected chi connectivity index (χ3v) is 6.11. The number of amides is 1. The van der Waals surface area contributed by atoms with Gasteiger partial charge in [0.15, 0.2) is 0 Å². The van der Waals surface area contributed by atoms with Crippen LogP contribution in [-0.2, 0) is 6.54 Å². The fourth-order valence-corrected chi connectivity index (χ4v) is 4.68. The van der Waals surface area contributed by atoms with Gasteiger partial charge in [-0.3, -0.25) is 9.78 Å². The molecule has 0 atom stereocenters. The number of aromatic nitrogens is 3. The number of carbonyl (C=O) groups is 1. The number of rotatable bonds is 4. The van der Waals surface area contributed by atoms with Crippen LogP contribution in [0.4, 0.5) is 5.82 Å². The Hall–Kier alpha value is -2.54. The molecular formula is C20H23N5OS. The van der Waals surface area contributed by atoms with Crippen molar-refractivity contribution in [2.24, 2.45) is 0 Å². The fraction of sp³-hybridized carbons (Fsp3) is 0.400. The first kappa shape index (κ1) is 17.9. The molecule has 3 aromatic rings. The molecule has 4 rings (SSSR count). The van der Waals surface area contributed by atoms with Gasteiger partial charge in [-0.05, 0) is 50.3 Å². The summed E-state index contributed by atoms with van der Waals surface area (Å²) in [5.74, 6) is 1.67. The number of hydrogen-bond donors (Lipinski definition) is 1. The van der Waals surface area contributed by atoms with Crippen molar-refractivity contribution in [2.75, 3.05) is 18.0 Å². The maximum Gasteiger partial charge on any atom is 0.261 e. The minimum atomic E-state index is -0.0680. The lowest BCUT2D eigenvalue weighted by molar-refractivity contribution is 0.0954. The number of piperidine rings is 1. The van der Waals surface area contributed by atoms with Crippen LogP contribution in [-0.4, -0.2) is 33.9 Å². The molecule has 7 heteroatoms. The predicted octanol–water partition coefficient (Wildman–Crippen LogP) is 3.62. The molecule has 6 nitrogen and oxygen atoms in total. The van der Waals surface area contributed by atoms with Crippen molar-refractivity contribution in [3.05, 3.63) is 46.4 Å². The molecule has 3 aromatic heterocycles. The van der Waals surface area contributed by atoms with E-state index in [-0.39, 0.29) is 5.91 Å². The average Bonchev–Trinajstić information content (AvgIpc) is 3.03. The molecule has 140 valence electrons. The van der Waals surface area contributed by atoms with Gasteiger partial charge in [0.1, 0.15) is 16.5 Å². The summed E-state index contributed by atoms with van der Waals surface area (Å²) in [6.45, 7) is 6.42. The van der Waals surface area contributed by atoms with Crippen molar-refractivity contribution in [3.8, 4) is 0 Å². The van der Waals surface area contributed by atoms with Crippen LogP contribution >= 0.6 is 11.3 Å². The van der Waals surface area contributed by atoms with E-state index >= 15 is 0 Å². The lowest BCUT2D eigenvalue weighted by atomic mass is 10.1. The Morgan fingerprint density at radius 1 is 1.22 bits per heavy atom. The Bertz CT molecular complexity index is 963. The molecule has 0 unspecified atom stereocenters. The fourth-order valence-electron chi connectivity index (χ4n) is 3.54. The third kappa shape index (κ3) is 3.64. The van der Waals surface area contributed by atoms with E-state index in [0.717, 1.165) is 46.1 Å². The van der Waals surface area contributed by atoms with E-state index in [2.05, 4.69) is 20.2 Å². The number of fused-ring (bicyclic) bond motifs is 1. The molecule has 1 aliphatic rings. The molecule has 1 N–H and O–H groups in total. The first-order valence-electron chi connectivity index (χ1n) is 9.33. The molecule has 1 saturated heterocycles. The Labute approximate surface area is 162 Å². The van der Waals surface area contributed by atoms with E-state index in [1.807, 2.05) is 26.0 Å². The van der Waals surface area contributed by atoms with Gasteiger partial charge in [-0.25, -0.2) is 9.97 Å². The highest BCUT2D eigenvalue weighted by Gasteiger charge is 2.23. The molecule has 1 amide bonds. The number of anilines is 1. The molecule has 0 bridgehead atoms. The summed E-state index contributed by atoms with van der Waals surface area (Å²) in [6.07, 6.45) is 7.14. The van der Waals surface area contributed by atoms with E-state index < -0.39 is 0 Å². The van der Waals surface area contributed by atoms with Gasteiger partial charge in [0, 0.05) is 32.0 Å². The number of hydrogen-bond acceptors (Lipinski definition) is 6. The highest BCUT2D eigenvalue weighted by molar-refractivity contribution is 7.20. The van der Waals surface area contributed by atoms with Crippen LogP contribution in [0.2, 0.25) is 0 Å². The van der Waals surface area contributed by atoms with Crippen LogP contribution < -0.4 is 10.2 Å². The second-order valence-electron chi connectivity index (χ2n) is 6.92. The van der Waals surface area contributed by atoms with E-state index in [9.17, 15) is 4.79 Å². The van der Waals surface area contributed by atoms with Gasteiger partial charge >= 0.3 is 0 Å². The average molecular weight is 382 g/mol. The number of thiophene rings is 1. The van der Waals surface area contributed by atoms with Crippen LogP contribution in [0.5, 0.6) is 0 Å². The Morgan fingerprint density at radius 3 is 2.78 bits per heavy atom. The lowest BCUT2D eigenvalue weighted by Crippen LogP contribution is -2.30. The van der Waals surface area contributed by atoms with Crippen LogP contribution in [0.3, 0.4) is 0 Å². The normalized spacial score (nSPS) is 14.5. The number of nitrogens with one attached hydrogen (secondary N) is 1. The summed E-state index contributed by atoms with van der Waals surface area (Å²) in [5, 5.41) is 4.03. The van der Waals surface area contributed by atoms with Gasteiger partial charge in [0.2, 0.25) is 0 Å². The Morgan fingerprint density at radius 2 is 2.04 bits per heavy atom. The summed E-state index contributed by atoms with van der Waals surface area (Å²) in [5.41, 5.74) is 1.95. The molecule has 0 aliphatic carbocycles. The van der Waals surface area contributed by atoms with E-state index in [4.69, 9.17) is 4.98 Å². The van der Waals surface area contributed by atoms with E-state index in [1.54, 1.807) is 12.4 Å². The van der Waals surface area contributed by atoms with Crippen molar-refractivity contribution in [3.63, 3.8) is 0 Å². The van der Waals surface area contributed by atoms with Crippen LogP contribution in [0.1, 0.15) is 45.9 Å². The van der Waals surface area contributed by atoms with Crippen LogP contribution in [0.25, 0.3) is 10.2 Å². The van der Waals surface area contributed by atoms with Gasteiger partial charge in [0.25, 0.3) is 5.91 Å². The van der Waals surface area contributed by atoms with Gasteiger partial charge < -0.3 is 10.2 Å². The topological polar surface area (TPSA) is 71.0 Å². The number of carbonyl (C=O) groups excluding carboxylic acids is 1. The molecule has 0 radical (unpaired) electrons. The largest absolute Gasteiger partial charge is 0.356 e. The standard InChI is InChI=1S/C20H23N5OS/c1-13-16-18(25-9-4-3-5-10-25)23-14(2)24-20(16)27-17(13)19(26)22-12-15-7-6-8-21-11-15/h6-8,11H,3-5,9-10,12H2,1-2H3,(H,22,26). The minimum absolute atomic E-state index is 0.0680. The summed E-state index contributed by atoms with van der Waals surface area (Å²) < 4.78 is 0. The number of nitrogens with zero attached hydrogens (tertiary/aromatic N) is 4. The maximum absolute atomic E-state index is 12.8. The first-order valence-corrected chi connectivity index (χ1v) is 10.1. The number of pyridine rings is 1. The molecular weight excluding hydrogens is 358 g/mol. The zero-order valence-electron chi connectivity index (χ0n) is 15.7. The quantitative estimate of drug-likeness (QED) is 0.747. The van der Waals surface area contributed by atoms with Crippen molar-refractivity contribution in [2.45, 2.75) is 39.7 Å². The summed E-state index contributed by atoms with van der Waals surface area (Å²) in [6, 6.07) is 3.82. The lowest BCUT2D eigenvalue weighted by Gasteiger charge is -2.28. The van der Waals surface area contributed by atoms with Crippen molar-refractivity contribution >= 4 is 33.3 Å². The molecule has 0 saturated carbocycles. The molecule has 1 fully saturated rings. The first-order chi connectivity index (χ1) is 13.1. The smallest absolute Gasteiger partial charge is 0.261 e. The van der Waals surface area contributed by atoms with Crippen LogP contribution in [0.15, 0.2) is 24.5 Å². The van der Waals surface area contributed by atoms with Gasteiger partial charge in [-0.15, -0.1) is 11.3 Å². The third-order valence-electron chi connectivity index (χ3n) is 4.92. The van der Waals surface area contributed by atoms with Crippen molar-refractivity contribution < 1.29 is 4.79 Å². The Balaban J connectivity index is 1.65. The van der Waals surface area contributed by atoms with Gasteiger partial charge in [-0.2, -0.15) is 0 Å². The summed E-state index contributed by atoms with van der Waals surface area (Å²) in [7, 11) is 0. The van der Waals surface area contributed by atoms with E-state index in [1.165, 1.54) is 30.6 Å². The molecule has 0 aromatic carbocycles. The molecule has 0 spiro atoms.